The summed E-state index contributed by atoms with van der Waals surface area (Å²) in [6, 6.07) is 0. The summed E-state index contributed by atoms with van der Waals surface area (Å²) in [7, 11) is -4.48. The molecule has 0 aromatic carbocycles. The Balaban J connectivity index is 3.65. The molecule has 0 aromatic heterocycles. The van der Waals surface area contributed by atoms with Crippen molar-refractivity contribution in [2.75, 3.05) is 26.4 Å². The topological polar surface area (TPSA) is 143 Å². The Morgan fingerprint density at radius 1 is 0.900 bits per heavy atom. The highest BCUT2D eigenvalue weighted by molar-refractivity contribution is 7.47. The third-order valence-electron chi connectivity index (χ3n) is 4.15. The highest BCUT2D eigenvalue weighted by Crippen LogP contribution is 2.43. The summed E-state index contributed by atoms with van der Waals surface area (Å²) < 4.78 is 25.4. The van der Waals surface area contributed by atoms with Crippen molar-refractivity contribution < 1.29 is 43.4 Å². The van der Waals surface area contributed by atoms with Crippen molar-refractivity contribution >= 4 is 13.8 Å². The van der Waals surface area contributed by atoms with Gasteiger partial charge in [-0.3, -0.25) is 13.8 Å². The zero-order valence-corrected chi connectivity index (χ0v) is 18.9. The van der Waals surface area contributed by atoms with Gasteiger partial charge >= 0.3 is 13.8 Å². The number of ether oxygens (including phenoxy) is 1. The van der Waals surface area contributed by atoms with Crippen molar-refractivity contribution in [1.82, 2.24) is 0 Å². The molecule has 0 bridgehead atoms. The fourth-order valence-corrected chi connectivity index (χ4v) is 3.17. The molecule has 0 heterocycles. The molecule has 0 aliphatic carbocycles. The molecule has 0 rings (SSSR count). The lowest BCUT2D eigenvalue weighted by Crippen LogP contribution is -2.24. The number of esters is 1. The minimum Gasteiger partial charge on any atom is -0.463 e. The number of carbonyl (C=O) groups is 1. The van der Waals surface area contributed by atoms with Crippen LogP contribution in [-0.2, 0) is 23.1 Å². The standard InChI is InChI=1S/C20H39O9P/c1-2-3-4-5-6-7-8-9-10-11-12-13-20(24)27-15-19(23)17-29-30(25,26)28-16-18(22)14-21/h5-6,18-19,21-23H,2-4,7-17H2,1H3,(H,25,26)/b6-5-. The third-order valence-corrected chi connectivity index (χ3v) is 5.10. The molecule has 0 spiro atoms. The number of allylic oxidation sites excluding steroid dienone is 2. The third kappa shape index (κ3) is 19.2. The summed E-state index contributed by atoms with van der Waals surface area (Å²) >= 11 is 0. The number of phosphoric acid groups is 1. The molecule has 178 valence electrons. The summed E-state index contributed by atoms with van der Waals surface area (Å²) in [5.74, 6) is -0.442. The summed E-state index contributed by atoms with van der Waals surface area (Å²) in [4.78, 5) is 21.0. The number of hydrogen-bond donors (Lipinski definition) is 4. The van der Waals surface area contributed by atoms with Crippen LogP contribution in [0.1, 0.15) is 71.1 Å². The van der Waals surface area contributed by atoms with Gasteiger partial charge in [-0.15, -0.1) is 0 Å². The highest BCUT2D eigenvalue weighted by atomic mass is 31.2. The van der Waals surface area contributed by atoms with Crippen LogP contribution < -0.4 is 0 Å². The van der Waals surface area contributed by atoms with Crippen molar-refractivity contribution in [3.05, 3.63) is 12.2 Å². The molecular formula is C20H39O9P. The first-order chi connectivity index (χ1) is 14.3. The fourth-order valence-electron chi connectivity index (χ4n) is 2.38. The second-order valence-electron chi connectivity index (χ2n) is 7.15. The Bertz CT molecular complexity index is 499. The first-order valence-corrected chi connectivity index (χ1v) is 12.2. The SMILES string of the molecule is CCCC/C=C\CCCCCCCC(=O)OCC(O)COP(=O)(O)OCC(O)CO. The van der Waals surface area contributed by atoms with Gasteiger partial charge in [0.2, 0.25) is 0 Å². The van der Waals surface area contributed by atoms with Gasteiger partial charge in [0.05, 0.1) is 19.8 Å². The van der Waals surface area contributed by atoms with Gasteiger partial charge in [-0.25, -0.2) is 4.57 Å². The zero-order chi connectivity index (χ0) is 22.7. The number of aliphatic hydroxyl groups is 3. The van der Waals surface area contributed by atoms with E-state index in [1.165, 1.54) is 12.8 Å². The number of aliphatic hydroxyl groups excluding tert-OH is 3. The van der Waals surface area contributed by atoms with Gasteiger partial charge in [-0.05, 0) is 25.7 Å². The first kappa shape index (κ1) is 29.2. The molecular weight excluding hydrogens is 415 g/mol. The predicted octanol–water partition coefficient (Wildman–Crippen LogP) is 2.85. The van der Waals surface area contributed by atoms with E-state index in [0.717, 1.165) is 38.5 Å². The lowest BCUT2D eigenvalue weighted by molar-refractivity contribution is -0.147. The minimum atomic E-state index is -4.48. The molecule has 3 atom stereocenters. The van der Waals surface area contributed by atoms with Crippen LogP contribution in [0.4, 0.5) is 0 Å². The minimum absolute atomic E-state index is 0.255. The van der Waals surface area contributed by atoms with E-state index in [0.29, 0.717) is 6.42 Å². The monoisotopic (exact) mass is 454 g/mol. The second kappa shape index (κ2) is 18.9. The normalized spacial score (nSPS) is 15.8. The second-order valence-corrected chi connectivity index (χ2v) is 8.61. The van der Waals surface area contributed by atoms with E-state index < -0.39 is 45.8 Å². The van der Waals surface area contributed by atoms with Gasteiger partial charge in [0.1, 0.15) is 18.8 Å². The Morgan fingerprint density at radius 2 is 1.47 bits per heavy atom. The molecule has 0 radical (unpaired) electrons. The van der Waals surface area contributed by atoms with E-state index in [1.54, 1.807) is 0 Å². The molecule has 0 fully saturated rings. The molecule has 0 amide bonds. The Kier molecular flexibility index (Phi) is 18.4. The summed E-state index contributed by atoms with van der Waals surface area (Å²) in [5.41, 5.74) is 0. The summed E-state index contributed by atoms with van der Waals surface area (Å²) in [6.45, 7) is 0.0217. The lowest BCUT2D eigenvalue weighted by Gasteiger charge is -2.16. The van der Waals surface area contributed by atoms with Crippen LogP contribution in [-0.4, -0.2) is 64.8 Å². The largest absolute Gasteiger partial charge is 0.472 e. The van der Waals surface area contributed by atoms with Gasteiger partial charge < -0.3 is 24.9 Å². The molecule has 0 saturated carbocycles. The average Bonchev–Trinajstić information content (AvgIpc) is 2.73. The molecule has 0 aromatic rings. The van der Waals surface area contributed by atoms with Crippen LogP contribution in [0.15, 0.2) is 12.2 Å². The van der Waals surface area contributed by atoms with Crippen LogP contribution in [0.2, 0.25) is 0 Å². The van der Waals surface area contributed by atoms with Crippen LogP contribution in [0.3, 0.4) is 0 Å². The van der Waals surface area contributed by atoms with Crippen molar-refractivity contribution in [2.45, 2.75) is 83.3 Å². The van der Waals surface area contributed by atoms with Crippen LogP contribution >= 0.6 is 7.82 Å². The van der Waals surface area contributed by atoms with Gasteiger partial charge in [0, 0.05) is 6.42 Å². The number of phosphoric ester groups is 1. The van der Waals surface area contributed by atoms with Crippen molar-refractivity contribution in [1.29, 1.82) is 0 Å². The molecule has 4 N–H and O–H groups in total. The van der Waals surface area contributed by atoms with Crippen LogP contribution in [0.5, 0.6) is 0 Å². The molecule has 0 saturated heterocycles. The van der Waals surface area contributed by atoms with E-state index in [-0.39, 0.29) is 13.0 Å². The quantitative estimate of drug-likeness (QED) is 0.0945. The zero-order valence-electron chi connectivity index (χ0n) is 18.0. The maximum atomic E-state index is 11.7. The van der Waals surface area contributed by atoms with E-state index in [9.17, 15) is 19.4 Å². The maximum absolute atomic E-state index is 11.7. The number of unbranched alkanes of at least 4 members (excludes halogenated alkanes) is 7. The summed E-state index contributed by atoms with van der Waals surface area (Å²) in [5, 5.41) is 27.3. The molecule has 10 heteroatoms. The Labute approximate surface area is 179 Å². The van der Waals surface area contributed by atoms with Crippen LogP contribution in [0.25, 0.3) is 0 Å². The molecule has 9 nitrogen and oxygen atoms in total. The fraction of sp³-hybridized carbons (Fsp3) is 0.850. The maximum Gasteiger partial charge on any atom is 0.472 e. The van der Waals surface area contributed by atoms with Crippen LogP contribution in [0, 0.1) is 0 Å². The first-order valence-electron chi connectivity index (χ1n) is 10.7. The number of hydrogen-bond acceptors (Lipinski definition) is 8. The Morgan fingerprint density at radius 3 is 2.10 bits per heavy atom. The van der Waals surface area contributed by atoms with Gasteiger partial charge in [-0.2, -0.15) is 0 Å². The van der Waals surface area contributed by atoms with Gasteiger partial charge in [0.15, 0.2) is 0 Å². The highest BCUT2D eigenvalue weighted by Gasteiger charge is 2.24. The van der Waals surface area contributed by atoms with E-state index in [4.69, 9.17) is 14.9 Å². The molecule has 0 aliphatic heterocycles. The molecule has 3 unspecified atom stereocenters. The van der Waals surface area contributed by atoms with E-state index in [2.05, 4.69) is 28.1 Å². The predicted molar refractivity (Wildman–Crippen MR) is 113 cm³/mol. The Hall–Kier alpha value is -0.800. The van der Waals surface area contributed by atoms with Crippen molar-refractivity contribution in [3.63, 3.8) is 0 Å². The average molecular weight is 454 g/mol. The molecule has 0 aliphatic rings. The van der Waals surface area contributed by atoms with E-state index >= 15 is 0 Å². The smallest absolute Gasteiger partial charge is 0.463 e. The van der Waals surface area contributed by atoms with Gasteiger partial charge in [-0.1, -0.05) is 51.2 Å². The number of carbonyl (C=O) groups excluding carboxylic acids is 1. The lowest BCUT2D eigenvalue weighted by atomic mass is 10.1. The van der Waals surface area contributed by atoms with Gasteiger partial charge in [0.25, 0.3) is 0 Å². The van der Waals surface area contributed by atoms with Crippen molar-refractivity contribution in [2.24, 2.45) is 0 Å². The van der Waals surface area contributed by atoms with Crippen molar-refractivity contribution in [3.8, 4) is 0 Å². The van der Waals surface area contributed by atoms with E-state index in [1.807, 2.05) is 0 Å². The number of rotatable bonds is 20. The summed E-state index contributed by atoms with van der Waals surface area (Å²) in [6.07, 6.45) is 11.8. The molecule has 30 heavy (non-hydrogen) atoms.